The maximum atomic E-state index is 10.7. The summed E-state index contributed by atoms with van der Waals surface area (Å²) in [7, 11) is 0. The maximum Gasteiger partial charge on any atom is 0.338 e. The standard InChI is InChI=1S/C12H9ClN2O5/c13-10-4-8(1-2-11(10)15(18)19)14-5-9-3-7(6-20-9)12(16)17/h1-4,6,14H,5H2,(H,16,17). The van der Waals surface area contributed by atoms with Crippen LogP contribution in [0.4, 0.5) is 11.4 Å². The predicted molar refractivity (Wildman–Crippen MR) is 71.1 cm³/mol. The number of benzene rings is 1. The summed E-state index contributed by atoms with van der Waals surface area (Å²) < 4.78 is 5.06. The number of nitro groups is 1. The van der Waals surface area contributed by atoms with Crippen molar-refractivity contribution < 1.29 is 19.2 Å². The molecule has 0 aliphatic heterocycles. The maximum absolute atomic E-state index is 10.7. The van der Waals surface area contributed by atoms with E-state index in [2.05, 4.69) is 5.32 Å². The van der Waals surface area contributed by atoms with Crippen molar-refractivity contribution in [1.29, 1.82) is 0 Å². The number of halogens is 1. The lowest BCUT2D eigenvalue weighted by Gasteiger charge is -2.04. The molecule has 2 N–H and O–H groups in total. The van der Waals surface area contributed by atoms with Crippen LogP contribution in [0.25, 0.3) is 0 Å². The van der Waals surface area contributed by atoms with E-state index >= 15 is 0 Å². The first-order chi connectivity index (χ1) is 9.47. The number of rotatable bonds is 5. The number of nitrogens with one attached hydrogen (secondary N) is 1. The molecule has 1 heterocycles. The monoisotopic (exact) mass is 296 g/mol. The molecule has 8 heteroatoms. The largest absolute Gasteiger partial charge is 0.478 e. The Morgan fingerprint density at radius 2 is 2.20 bits per heavy atom. The quantitative estimate of drug-likeness (QED) is 0.648. The zero-order chi connectivity index (χ0) is 14.7. The van der Waals surface area contributed by atoms with Crippen LogP contribution in [-0.2, 0) is 6.54 Å². The van der Waals surface area contributed by atoms with Crippen LogP contribution in [-0.4, -0.2) is 16.0 Å². The molecule has 0 bridgehead atoms. The van der Waals surface area contributed by atoms with Gasteiger partial charge in [-0.2, -0.15) is 0 Å². The summed E-state index contributed by atoms with van der Waals surface area (Å²) in [6, 6.07) is 5.60. The fraction of sp³-hybridized carbons (Fsp3) is 0.0833. The summed E-state index contributed by atoms with van der Waals surface area (Å²) in [5.74, 6) is -0.643. The zero-order valence-electron chi connectivity index (χ0n) is 10.00. The molecule has 1 aromatic carbocycles. The van der Waals surface area contributed by atoms with E-state index in [-0.39, 0.29) is 22.8 Å². The molecular weight excluding hydrogens is 288 g/mol. The number of hydrogen-bond acceptors (Lipinski definition) is 5. The van der Waals surface area contributed by atoms with Gasteiger partial charge < -0.3 is 14.8 Å². The summed E-state index contributed by atoms with van der Waals surface area (Å²) in [6.07, 6.45) is 1.14. The Kier molecular flexibility index (Phi) is 3.90. The Morgan fingerprint density at radius 1 is 1.45 bits per heavy atom. The van der Waals surface area contributed by atoms with Crippen LogP contribution < -0.4 is 5.32 Å². The average Bonchev–Trinajstić information content (AvgIpc) is 2.85. The Labute approximate surface area is 117 Å². The van der Waals surface area contributed by atoms with Gasteiger partial charge in [0, 0.05) is 11.8 Å². The number of hydrogen-bond donors (Lipinski definition) is 2. The van der Waals surface area contributed by atoms with Crippen LogP contribution in [0.1, 0.15) is 16.1 Å². The van der Waals surface area contributed by atoms with Gasteiger partial charge in [0.05, 0.1) is 17.0 Å². The second-order valence-electron chi connectivity index (χ2n) is 3.88. The highest BCUT2D eigenvalue weighted by Gasteiger charge is 2.12. The summed E-state index contributed by atoms with van der Waals surface area (Å²) >= 11 is 5.77. The Morgan fingerprint density at radius 3 is 2.75 bits per heavy atom. The lowest BCUT2D eigenvalue weighted by molar-refractivity contribution is -0.384. The lowest BCUT2D eigenvalue weighted by Crippen LogP contribution is -1.99. The minimum Gasteiger partial charge on any atom is -0.478 e. The number of aromatic carboxylic acids is 1. The van der Waals surface area contributed by atoms with E-state index in [1.54, 1.807) is 0 Å². The topological polar surface area (TPSA) is 106 Å². The number of carboxylic acids is 1. The normalized spacial score (nSPS) is 10.2. The van der Waals surface area contributed by atoms with Crippen molar-refractivity contribution in [3.63, 3.8) is 0 Å². The molecule has 0 amide bonds. The average molecular weight is 297 g/mol. The van der Waals surface area contributed by atoms with Crippen molar-refractivity contribution in [3.8, 4) is 0 Å². The first kappa shape index (κ1) is 13.9. The number of anilines is 1. The molecule has 0 radical (unpaired) electrons. The van der Waals surface area contributed by atoms with Gasteiger partial charge in [-0.3, -0.25) is 10.1 Å². The van der Waals surface area contributed by atoms with Gasteiger partial charge in [-0.15, -0.1) is 0 Å². The van der Waals surface area contributed by atoms with Gasteiger partial charge in [-0.1, -0.05) is 11.6 Å². The molecular formula is C12H9ClN2O5. The molecule has 0 atom stereocenters. The minimum atomic E-state index is -1.07. The molecule has 0 saturated carbocycles. The molecule has 0 spiro atoms. The molecule has 1 aromatic heterocycles. The molecule has 0 saturated heterocycles. The third kappa shape index (κ3) is 3.07. The van der Waals surface area contributed by atoms with Gasteiger partial charge >= 0.3 is 5.97 Å². The number of furan rings is 1. The smallest absolute Gasteiger partial charge is 0.338 e. The fourth-order valence-electron chi connectivity index (χ4n) is 1.54. The van der Waals surface area contributed by atoms with Gasteiger partial charge in [-0.25, -0.2) is 4.79 Å². The van der Waals surface area contributed by atoms with Crippen molar-refractivity contribution >= 4 is 28.9 Å². The lowest BCUT2D eigenvalue weighted by atomic mass is 10.2. The van der Waals surface area contributed by atoms with Gasteiger partial charge in [-0.05, 0) is 18.2 Å². The van der Waals surface area contributed by atoms with Crippen LogP contribution in [0.2, 0.25) is 5.02 Å². The third-order valence-electron chi connectivity index (χ3n) is 2.51. The molecule has 7 nitrogen and oxygen atoms in total. The van der Waals surface area contributed by atoms with Gasteiger partial charge in [0.15, 0.2) is 0 Å². The van der Waals surface area contributed by atoms with E-state index in [1.165, 1.54) is 24.3 Å². The zero-order valence-corrected chi connectivity index (χ0v) is 10.8. The van der Waals surface area contributed by atoms with E-state index in [0.29, 0.717) is 11.4 Å². The van der Waals surface area contributed by atoms with E-state index in [9.17, 15) is 14.9 Å². The van der Waals surface area contributed by atoms with Gasteiger partial charge in [0.2, 0.25) is 0 Å². The Balaban J connectivity index is 2.05. The number of nitro benzene ring substituents is 1. The highest BCUT2D eigenvalue weighted by atomic mass is 35.5. The van der Waals surface area contributed by atoms with Crippen LogP contribution in [0.15, 0.2) is 34.9 Å². The van der Waals surface area contributed by atoms with Gasteiger partial charge in [0.25, 0.3) is 5.69 Å². The summed E-state index contributed by atoms with van der Waals surface area (Å²) in [5.41, 5.74) is 0.445. The predicted octanol–water partition coefficient (Wildman–Crippen LogP) is 3.15. The molecule has 0 aliphatic rings. The fourth-order valence-corrected chi connectivity index (χ4v) is 1.79. The SMILES string of the molecule is O=C(O)c1coc(CNc2ccc([N+](=O)[O-])c(Cl)c2)c1. The minimum absolute atomic E-state index is 0.0191. The second kappa shape index (κ2) is 5.62. The Bertz CT molecular complexity index is 668. The summed E-state index contributed by atoms with van der Waals surface area (Å²) in [5, 5.41) is 22.3. The van der Waals surface area contributed by atoms with Crippen molar-refractivity contribution in [3.05, 3.63) is 57.0 Å². The van der Waals surface area contributed by atoms with Crippen molar-refractivity contribution in [2.24, 2.45) is 0 Å². The molecule has 2 rings (SSSR count). The van der Waals surface area contributed by atoms with Crippen molar-refractivity contribution in [1.82, 2.24) is 0 Å². The number of nitrogens with zero attached hydrogens (tertiary/aromatic N) is 1. The number of carboxylic acid groups (broad SMARTS) is 1. The highest BCUT2D eigenvalue weighted by molar-refractivity contribution is 6.32. The molecule has 104 valence electrons. The van der Waals surface area contributed by atoms with E-state index in [0.717, 1.165) is 6.26 Å². The van der Waals surface area contributed by atoms with Crippen LogP contribution in [0.5, 0.6) is 0 Å². The highest BCUT2D eigenvalue weighted by Crippen LogP contribution is 2.27. The molecule has 2 aromatic rings. The molecule has 0 fully saturated rings. The summed E-state index contributed by atoms with van der Waals surface area (Å²) in [6.45, 7) is 0.238. The van der Waals surface area contributed by atoms with Crippen LogP contribution in [0, 0.1) is 10.1 Å². The van der Waals surface area contributed by atoms with E-state index < -0.39 is 10.9 Å². The van der Waals surface area contributed by atoms with Crippen molar-refractivity contribution in [2.75, 3.05) is 5.32 Å². The van der Waals surface area contributed by atoms with E-state index in [1.807, 2.05) is 0 Å². The van der Waals surface area contributed by atoms with E-state index in [4.69, 9.17) is 21.1 Å². The molecule has 0 aliphatic carbocycles. The third-order valence-corrected chi connectivity index (χ3v) is 2.81. The first-order valence-corrected chi connectivity index (χ1v) is 5.83. The van der Waals surface area contributed by atoms with Gasteiger partial charge in [0.1, 0.15) is 17.0 Å². The Hall–Kier alpha value is -2.54. The van der Waals surface area contributed by atoms with Crippen LogP contribution in [0.3, 0.4) is 0 Å². The molecule has 0 unspecified atom stereocenters. The number of carbonyl (C=O) groups is 1. The first-order valence-electron chi connectivity index (χ1n) is 5.46. The van der Waals surface area contributed by atoms with Crippen LogP contribution >= 0.6 is 11.6 Å². The summed E-state index contributed by atoms with van der Waals surface area (Å²) in [4.78, 5) is 20.7. The second-order valence-corrected chi connectivity index (χ2v) is 4.29. The van der Waals surface area contributed by atoms with Crippen molar-refractivity contribution in [2.45, 2.75) is 6.54 Å². The molecule has 20 heavy (non-hydrogen) atoms.